The lowest BCUT2D eigenvalue weighted by Crippen LogP contribution is -2.42. The fourth-order valence-electron chi connectivity index (χ4n) is 4.16. The van der Waals surface area contributed by atoms with Gasteiger partial charge >= 0.3 is 0 Å². The molecule has 1 aromatic rings. The second-order valence-corrected chi connectivity index (χ2v) is 7.93. The Morgan fingerprint density at radius 3 is 2.57 bits per heavy atom. The zero-order chi connectivity index (χ0) is 19.6. The molecule has 0 aromatic heterocycles. The third-order valence-electron chi connectivity index (χ3n) is 5.99. The number of morpholine rings is 1. The van der Waals surface area contributed by atoms with Gasteiger partial charge in [0.05, 0.1) is 13.2 Å². The van der Waals surface area contributed by atoms with E-state index < -0.39 is 0 Å². The normalized spacial score (nSPS) is 19.3. The Morgan fingerprint density at radius 2 is 1.86 bits per heavy atom. The van der Waals surface area contributed by atoms with Gasteiger partial charge in [0.25, 0.3) is 0 Å². The van der Waals surface area contributed by atoms with E-state index in [0.29, 0.717) is 0 Å². The molecule has 2 fully saturated rings. The number of rotatable bonds is 8. The molecule has 0 amide bonds. The predicted molar refractivity (Wildman–Crippen MR) is 116 cm³/mol. The summed E-state index contributed by atoms with van der Waals surface area (Å²) in [5, 5.41) is 6.95. The molecule has 1 heterocycles. The summed E-state index contributed by atoms with van der Waals surface area (Å²) in [6.45, 7) is 7.46. The van der Waals surface area contributed by atoms with Crippen LogP contribution in [0.4, 0.5) is 0 Å². The first-order chi connectivity index (χ1) is 13.8. The summed E-state index contributed by atoms with van der Waals surface area (Å²) in [6.07, 6.45) is 5.47. The Bertz CT molecular complexity index is 609. The second-order valence-electron chi connectivity index (χ2n) is 7.93. The molecule has 0 spiro atoms. The minimum atomic E-state index is 0.767. The van der Waals surface area contributed by atoms with Crippen LogP contribution in [0.5, 0.6) is 0 Å². The minimum absolute atomic E-state index is 0.767. The standard InChI is InChI=1S/C22H37N5O/c1-23-22(24-11-12-26(2)21-9-5-6-10-21)25-17-19-7-3-4-8-20(19)18-27-13-15-28-16-14-27/h3-4,7-8,21H,5-6,9-18H2,1-2H3,(H2,23,24,25). The number of hydrogen-bond donors (Lipinski definition) is 2. The van der Waals surface area contributed by atoms with E-state index in [1.54, 1.807) is 0 Å². The molecule has 0 unspecified atom stereocenters. The number of benzene rings is 1. The van der Waals surface area contributed by atoms with Gasteiger partial charge in [-0.1, -0.05) is 37.1 Å². The molecule has 156 valence electrons. The lowest BCUT2D eigenvalue weighted by molar-refractivity contribution is 0.0341. The fourth-order valence-corrected chi connectivity index (χ4v) is 4.16. The molecule has 3 rings (SSSR count). The fraction of sp³-hybridized carbons (Fsp3) is 0.682. The van der Waals surface area contributed by atoms with Crippen LogP contribution in [0.3, 0.4) is 0 Å². The summed E-state index contributed by atoms with van der Waals surface area (Å²) < 4.78 is 5.47. The highest BCUT2D eigenvalue weighted by molar-refractivity contribution is 5.79. The molecular formula is C22H37N5O. The zero-order valence-electron chi connectivity index (χ0n) is 17.6. The Kier molecular flexibility index (Phi) is 8.58. The number of aliphatic imine (C=N–C) groups is 1. The highest BCUT2D eigenvalue weighted by atomic mass is 16.5. The first-order valence-electron chi connectivity index (χ1n) is 10.8. The molecule has 2 aliphatic rings. The number of likely N-dealkylation sites (N-methyl/N-ethyl adjacent to an activating group) is 1. The van der Waals surface area contributed by atoms with Crippen molar-refractivity contribution >= 4 is 5.96 Å². The monoisotopic (exact) mass is 387 g/mol. The first-order valence-corrected chi connectivity index (χ1v) is 10.8. The summed E-state index contributed by atoms with van der Waals surface area (Å²) in [4.78, 5) is 9.35. The highest BCUT2D eigenvalue weighted by Crippen LogP contribution is 2.21. The van der Waals surface area contributed by atoms with Crippen LogP contribution in [0, 0.1) is 0 Å². The van der Waals surface area contributed by atoms with Crippen molar-refractivity contribution in [2.24, 2.45) is 4.99 Å². The third-order valence-corrected chi connectivity index (χ3v) is 5.99. The number of ether oxygens (including phenoxy) is 1. The van der Waals surface area contributed by atoms with Crippen LogP contribution in [0.1, 0.15) is 36.8 Å². The largest absolute Gasteiger partial charge is 0.379 e. The van der Waals surface area contributed by atoms with Gasteiger partial charge in [-0.15, -0.1) is 0 Å². The summed E-state index contributed by atoms with van der Waals surface area (Å²) in [5.41, 5.74) is 2.72. The average molecular weight is 388 g/mol. The van der Waals surface area contributed by atoms with E-state index in [1.165, 1.54) is 36.8 Å². The molecule has 1 aliphatic heterocycles. The first kappa shape index (κ1) is 21.1. The Hall–Kier alpha value is -1.63. The molecular weight excluding hydrogens is 350 g/mol. The molecule has 1 aliphatic carbocycles. The van der Waals surface area contributed by atoms with E-state index >= 15 is 0 Å². The van der Waals surface area contributed by atoms with Crippen molar-refractivity contribution < 1.29 is 4.74 Å². The Morgan fingerprint density at radius 1 is 1.14 bits per heavy atom. The molecule has 0 bridgehead atoms. The second kappa shape index (κ2) is 11.4. The van der Waals surface area contributed by atoms with E-state index in [2.05, 4.69) is 56.7 Å². The van der Waals surface area contributed by atoms with Gasteiger partial charge in [0.2, 0.25) is 0 Å². The molecule has 2 N–H and O–H groups in total. The number of hydrogen-bond acceptors (Lipinski definition) is 4. The molecule has 1 saturated carbocycles. The minimum Gasteiger partial charge on any atom is -0.379 e. The van der Waals surface area contributed by atoms with Crippen LogP contribution in [-0.4, -0.2) is 75.3 Å². The van der Waals surface area contributed by atoms with Crippen LogP contribution in [0.2, 0.25) is 0 Å². The maximum absolute atomic E-state index is 5.47. The van der Waals surface area contributed by atoms with Gasteiger partial charge < -0.3 is 20.3 Å². The number of nitrogens with zero attached hydrogens (tertiary/aromatic N) is 3. The smallest absolute Gasteiger partial charge is 0.191 e. The molecule has 28 heavy (non-hydrogen) atoms. The van der Waals surface area contributed by atoms with Crippen molar-refractivity contribution in [2.75, 3.05) is 53.5 Å². The van der Waals surface area contributed by atoms with Gasteiger partial charge in [-0.05, 0) is 31.0 Å². The molecule has 1 saturated heterocycles. The third kappa shape index (κ3) is 6.47. The predicted octanol–water partition coefficient (Wildman–Crippen LogP) is 2.06. The maximum Gasteiger partial charge on any atom is 0.191 e. The molecule has 6 nitrogen and oxygen atoms in total. The molecule has 0 radical (unpaired) electrons. The van der Waals surface area contributed by atoms with Gasteiger partial charge in [0.15, 0.2) is 5.96 Å². The van der Waals surface area contributed by atoms with Gasteiger partial charge in [-0.3, -0.25) is 9.89 Å². The van der Waals surface area contributed by atoms with Gasteiger partial charge in [0.1, 0.15) is 0 Å². The lowest BCUT2D eigenvalue weighted by atomic mass is 10.1. The highest BCUT2D eigenvalue weighted by Gasteiger charge is 2.19. The quantitative estimate of drug-likeness (QED) is 0.528. The van der Waals surface area contributed by atoms with Gasteiger partial charge in [0, 0.05) is 52.4 Å². The summed E-state index contributed by atoms with van der Waals surface area (Å²) in [5.74, 6) is 0.876. The zero-order valence-corrected chi connectivity index (χ0v) is 17.6. The van der Waals surface area contributed by atoms with Crippen molar-refractivity contribution in [3.05, 3.63) is 35.4 Å². The van der Waals surface area contributed by atoms with E-state index in [-0.39, 0.29) is 0 Å². The van der Waals surface area contributed by atoms with Crippen molar-refractivity contribution in [2.45, 2.75) is 44.8 Å². The van der Waals surface area contributed by atoms with Crippen molar-refractivity contribution in [1.29, 1.82) is 0 Å². The van der Waals surface area contributed by atoms with E-state index in [1.807, 2.05) is 7.05 Å². The van der Waals surface area contributed by atoms with Gasteiger partial charge in [-0.25, -0.2) is 0 Å². The van der Waals surface area contributed by atoms with Crippen LogP contribution < -0.4 is 10.6 Å². The topological polar surface area (TPSA) is 52.1 Å². The average Bonchev–Trinajstić information content (AvgIpc) is 3.27. The van der Waals surface area contributed by atoms with Gasteiger partial charge in [-0.2, -0.15) is 0 Å². The summed E-state index contributed by atoms with van der Waals surface area (Å²) in [6, 6.07) is 9.46. The SMILES string of the molecule is CN=C(NCCN(C)C1CCCC1)NCc1ccccc1CN1CCOCC1. The van der Waals surface area contributed by atoms with E-state index in [9.17, 15) is 0 Å². The van der Waals surface area contributed by atoms with E-state index in [4.69, 9.17) is 4.74 Å². The number of guanidine groups is 1. The lowest BCUT2D eigenvalue weighted by Gasteiger charge is -2.27. The summed E-state index contributed by atoms with van der Waals surface area (Å²) >= 11 is 0. The summed E-state index contributed by atoms with van der Waals surface area (Å²) in [7, 11) is 4.09. The van der Waals surface area contributed by atoms with Crippen LogP contribution in [-0.2, 0) is 17.8 Å². The van der Waals surface area contributed by atoms with Crippen molar-refractivity contribution in [3.8, 4) is 0 Å². The number of nitrogens with one attached hydrogen (secondary N) is 2. The molecule has 6 heteroatoms. The molecule has 0 atom stereocenters. The van der Waals surface area contributed by atoms with Crippen LogP contribution >= 0.6 is 0 Å². The Labute approximate surface area is 170 Å². The van der Waals surface area contributed by atoms with E-state index in [0.717, 1.165) is 64.5 Å². The van der Waals surface area contributed by atoms with Crippen LogP contribution in [0.25, 0.3) is 0 Å². The molecule has 1 aromatic carbocycles. The van der Waals surface area contributed by atoms with Crippen molar-refractivity contribution in [1.82, 2.24) is 20.4 Å². The maximum atomic E-state index is 5.47. The van der Waals surface area contributed by atoms with Crippen molar-refractivity contribution in [3.63, 3.8) is 0 Å². The van der Waals surface area contributed by atoms with Crippen LogP contribution in [0.15, 0.2) is 29.3 Å². The Balaban J connectivity index is 1.44.